The maximum Gasteiger partial charge on any atom is 0.343 e. The van der Waals surface area contributed by atoms with Crippen LogP contribution in [-0.2, 0) is 9.53 Å². The summed E-state index contributed by atoms with van der Waals surface area (Å²) in [5, 5.41) is 9.02. The first kappa shape index (κ1) is 14.8. The maximum atomic E-state index is 11.0. The van der Waals surface area contributed by atoms with Gasteiger partial charge in [-0.25, -0.2) is 9.59 Å². The van der Waals surface area contributed by atoms with Crippen LogP contribution in [0.4, 0.5) is 0 Å². The van der Waals surface area contributed by atoms with Crippen LogP contribution in [0.3, 0.4) is 0 Å². The van der Waals surface area contributed by atoms with Crippen LogP contribution in [0.2, 0.25) is 0 Å². The van der Waals surface area contributed by atoms with Crippen LogP contribution in [0, 0.1) is 0 Å². The van der Waals surface area contributed by atoms with E-state index in [0.29, 0.717) is 12.4 Å². The molecule has 6 heteroatoms. The smallest absolute Gasteiger partial charge is 0.343 e. The normalized spacial score (nSPS) is 9.79. The first-order chi connectivity index (χ1) is 9.08. The van der Waals surface area contributed by atoms with Crippen molar-refractivity contribution in [3.63, 3.8) is 0 Å². The van der Waals surface area contributed by atoms with Gasteiger partial charge < -0.3 is 19.3 Å². The number of carboxylic acid groups (broad SMARTS) is 1. The Morgan fingerprint density at radius 3 is 2.58 bits per heavy atom. The van der Waals surface area contributed by atoms with Crippen LogP contribution >= 0.6 is 0 Å². The Labute approximate surface area is 110 Å². The number of carbonyl (C=O) groups excluding carboxylic acids is 1. The Kier molecular flexibility index (Phi) is 5.66. The molecular formula is C13H16O6. The number of carbonyl (C=O) groups is 2. The predicted octanol–water partition coefficient (Wildman–Crippen LogP) is 1.73. The van der Waals surface area contributed by atoms with Crippen LogP contribution in [-0.4, -0.2) is 37.4 Å². The van der Waals surface area contributed by atoms with Gasteiger partial charge in [-0.2, -0.15) is 0 Å². The third kappa shape index (κ3) is 4.50. The summed E-state index contributed by atoms with van der Waals surface area (Å²) in [5.41, 5.74) is -0.0345. The minimum absolute atomic E-state index is 0.0345. The number of methoxy groups -OCH3 is 1. The number of rotatable bonds is 7. The first-order valence-corrected chi connectivity index (χ1v) is 5.78. The van der Waals surface area contributed by atoms with E-state index < -0.39 is 11.9 Å². The standard InChI is InChI=1S/C13H16O6/c1-3-6-18-9-4-5-10(13(15)16)11(7-9)19-8-12(14)17-2/h4-5,7H,3,6,8H2,1-2H3,(H,15,16). The van der Waals surface area contributed by atoms with Crippen molar-refractivity contribution >= 4 is 11.9 Å². The van der Waals surface area contributed by atoms with Crippen molar-refractivity contribution in [2.45, 2.75) is 13.3 Å². The Morgan fingerprint density at radius 2 is 2.00 bits per heavy atom. The highest BCUT2D eigenvalue weighted by atomic mass is 16.6. The third-order valence-electron chi connectivity index (χ3n) is 2.23. The average Bonchev–Trinajstić information content (AvgIpc) is 2.42. The summed E-state index contributed by atoms with van der Waals surface area (Å²) in [4.78, 5) is 22.0. The van der Waals surface area contributed by atoms with Gasteiger partial charge in [0, 0.05) is 6.07 Å². The summed E-state index contributed by atoms with van der Waals surface area (Å²) in [6.45, 7) is 2.12. The Balaban J connectivity index is 2.88. The quantitative estimate of drug-likeness (QED) is 0.758. The van der Waals surface area contributed by atoms with Crippen molar-refractivity contribution in [1.29, 1.82) is 0 Å². The molecule has 0 bridgehead atoms. The molecule has 0 radical (unpaired) electrons. The summed E-state index contributed by atoms with van der Waals surface area (Å²) in [7, 11) is 1.23. The molecule has 1 aromatic rings. The summed E-state index contributed by atoms with van der Waals surface area (Å²) >= 11 is 0. The number of benzene rings is 1. The molecule has 0 spiro atoms. The highest BCUT2D eigenvalue weighted by Crippen LogP contribution is 2.25. The molecule has 6 nitrogen and oxygen atoms in total. The predicted molar refractivity (Wildman–Crippen MR) is 66.7 cm³/mol. The lowest BCUT2D eigenvalue weighted by atomic mass is 10.2. The van der Waals surface area contributed by atoms with Crippen molar-refractivity contribution in [3.05, 3.63) is 23.8 Å². The third-order valence-corrected chi connectivity index (χ3v) is 2.23. The van der Waals surface area contributed by atoms with Crippen LogP contribution in [0.1, 0.15) is 23.7 Å². The lowest BCUT2D eigenvalue weighted by Crippen LogP contribution is -2.14. The molecule has 0 saturated carbocycles. The van der Waals surface area contributed by atoms with E-state index in [-0.39, 0.29) is 17.9 Å². The van der Waals surface area contributed by atoms with E-state index >= 15 is 0 Å². The second-order valence-corrected chi connectivity index (χ2v) is 3.68. The molecule has 1 rings (SSSR count). The van der Waals surface area contributed by atoms with Gasteiger partial charge in [0.15, 0.2) is 6.61 Å². The van der Waals surface area contributed by atoms with Gasteiger partial charge in [-0.05, 0) is 18.6 Å². The second kappa shape index (κ2) is 7.25. The van der Waals surface area contributed by atoms with E-state index in [9.17, 15) is 9.59 Å². The fraction of sp³-hybridized carbons (Fsp3) is 0.385. The molecular weight excluding hydrogens is 252 g/mol. The van der Waals surface area contributed by atoms with Crippen molar-refractivity contribution in [3.8, 4) is 11.5 Å². The summed E-state index contributed by atoms with van der Waals surface area (Å²) in [6.07, 6.45) is 0.832. The number of aromatic carboxylic acids is 1. The van der Waals surface area contributed by atoms with Gasteiger partial charge in [-0.1, -0.05) is 6.92 Å². The molecule has 1 N–H and O–H groups in total. The fourth-order valence-corrected chi connectivity index (χ4v) is 1.30. The monoisotopic (exact) mass is 268 g/mol. The first-order valence-electron chi connectivity index (χ1n) is 5.78. The lowest BCUT2D eigenvalue weighted by Gasteiger charge is -2.11. The summed E-state index contributed by atoms with van der Waals surface area (Å²) in [5.74, 6) is -1.16. The van der Waals surface area contributed by atoms with Crippen molar-refractivity contribution in [2.75, 3.05) is 20.3 Å². The molecule has 19 heavy (non-hydrogen) atoms. The van der Waals surface area contributed by atoms with E-state index in [1.54, 1.807) is 6.07 Å². The number of carboxylic acids is 1. The highest BCUT2D eigenvalue weighted by Gasteiger charge is 2.14. The zero-order valence-electron chi connectivity index (χ0n) is 10.8. The molecule has 0 heterocycles. The van der Waals surface area contributed by atoms with Crippen LogP contribution in [0.5, 0.6) is 11.5 Å². The number of ether oxygens (including phenoxy) is 3. The molecule has 0 aliphatic heterocycles. The minimum Gasteiger partial charge on any atom is -0.493 e. The number of hydrogen-bond acceptors (Lipinski definition) is 5. The van der Waals surface area contributed by atoms with Gasteiger partial charge in [-0.15, -0.1) is 0 Å². The van der Waals surface area contributed by atoms with E-state index in [1.165, 1.54) is 19.2 Å². The van der Waals surface area contributed by atoms with Crippen molar-refractivity contribution in [2.24, 2.45) is 0 Å². The molecule has 0 aliphatic rings. The summed E-state index contributed by atoms with van der Waals surface area (Å²) in [6, 6.07) is 4.37. The highest BCUT2D eigenvalue weighted by molar-refractivity contribution is 5.91. The van der Waals surface area contributed by atoms with Crippen molar-refractivity contribution in [1.82, 2.24) is 0 Å². The molecule has 0 atom stereocenters. The number of esters is 1. The largest absolute Gasteiger partial charge is 0.493 e. The van der Waals surface area contributed by atoms with E-state index in [2.05, 4.69) is 4.74 Å². The van der Waals surface area contributed by atoms with E-state index in [1.807, 2.05) is 6.92 Å². The molecule has 0 fully saturated rings. The molecule has 0 amide bonds. The zero-order chi connectivity index (χ0) is 14.3. The zero-order valence-corrected chi connectivity index (χ0v) is 10.8. The van der Waals surface area contributed by atoms with Gasteiger partial charge in [0.25, 0.3) is 0 Å². The molecule has 1 aromatic carbocycles. The van der Waals surface area contributed by atoms with Crippen LogP contribution in [0.25, 0.3) is 0 Å². The molecule has 104 valence electrons. The molecule has 0 aliphatic carbocycles. The van der Waals surface area contributed by atoms with Crippen LogP contribution in [0.15, 0.2) is 18.2 Å². The minimum atomic E-state index is -1.14. The average molecular weight is 268 g/mol. The van der Waals surface area contributed by atoms with Gasteiger partial charge >= 0.3 is 11.9 Å². The molecule has 0 unspecified atom stereocenters. The van der Waals surface area contributed by atoms with E-state index in [4.69, 9.17) is 14.6 Å². The van der Waals surface area contributed by atoms with Gasteiger partial charge in [0.1, 0.15) is 17.1 Å². The van der Waals surface area contributed by atoms with Crippen LogP contribution < -0.4 is 9.47 Å². The SMILES string of the molecule is CCCOc1ccc(C(=O)O)c(OCC(=O)OC)c1. The van der Waals surface area contributed by atoms with E-state index in [0.717, 1.165) is 6.42 Å². The Hall–Kier alpha value is -2.24. The number of hydrogen-bond donors (Lipinski definition) is 1. The van der Waals surface area contributed by atoms with Gasteiger partial charge in [0.05, 0.1) is 13.7 Å². The maximum absolute atomic E-state index is 11.0. The fourth-order valence-electron chi connectivity index (χ4n) is 1.30. The Morgan fingerprint density at radius 1 is 1.26 bits per heavy atom. The van der Waals surface area contributed by atoms with Crippen molar-refractivity contribution < 1.29 is 28.9 Å². The Bertz CT molecular complexity index is 454. The summed E-state index contributed by atoms with van der Waals surface area (Å²) < 4.78 is 14.9. The lowest BCUT2D eigenvalue weighted by molar-refractivity contribution is -0.142. The topological polar surface area (TPSA) is 82.1 Å². The van der Waals surface area contributed by atoms with Gasteiger partial charge in [-0.3, -0.25) is 0 Å². The molecule has 0 saturated heterocycles. The second-order valence-electron chi connectivity index (χ2n) is 3.68. The van der Waals surface area contributed by atoms with Gasteiger partial charge in [0.2, 0.25) is 0 Å². The molecule has 0 aromatic heterocycles.